The molecule has 0 aliphatic carbocycles. The van der Waals surface area contributed by atoms with Crippen molar-refractivity contribution in [1.29, 1.82) is 0 Å². The molecule has 1 aliphatic rings. The highest BCUT2D eigenvalue weighted by Gasteiger charge is 2.29. The van der Waals surface area contributed by atoms with Crippen LogP contribution >= 0.6 is 0 Å². The second-order valence-corrected chi connectivity index (χ2v) is 6.03. The molecule has 1 aromatic heterocycles. The number of aliphatic hydroxyl groups is 1. The number of amides is 1. The largest absolute Gasteiger partial charge is 0.463 e. The number of piperidine rings is 1. The highest BCUT2D eigenvalue weighted by molar-refractivity contribution is 5.67. The van der Waals surface area contributed by atoms with Crippen LogP contribution in [0.5, 0.6) is 0 Å². The first-order chi connectivity index (χ1) is 10.4. The van der Waals surface area contributed by atoms with E-state index in [1.807, 2.05) is 19.9 Å². The molecule has 2 heterocycles. The zero-order valence-electron chi connectivity index (χ0n) is 13.6. The molecular formula is C16H26N2O4. The van der Waals surface area contributed by atoms with Crippen molar-refractivity contribution in [2.24, 2.45) is 0 Å². The topological polar surface area (TPSA) is 74.9 Å². The van der Waals surface area contributed by atoms with Crippen LogP contribution in [0.1, 0.15) is 38.2 Å². The lowest BCUT2D eigenvalue weighted by molar-refractivity contribution is 0.0276. The summed E-state index contributed by atoms with van der Waals surface area (Å²) in [7, 11) is 0. The molecule has 0 saturated carbocycles. The van der Waals surface area contributed by atoms with Gasteiger partial charge in [-0.3, -0.25) is 0 Å². The Kier molecular flexibility index (Phi) is 5.47. The Balaban J connectivity index is 1.78. The molecule has 6 heteroatoms. The number of hydrogen-bond donors (Lipinski definition) is 2. The molecule has 1 aliphatic heterocycles. The summed E-state index contributed by atoms with van der Waals surface area (Å²) in [6.45, 7) is 7.60. The lowest BCUT2D eigenvalue weighted by atomic mass is 10.0. The number of carbonyl (C=O) groups is 1. The summed E-state index contributed by atoms with van der Waals surface area (Å²) in [5, 5.41) is 13.9. The summed E-state index contributed by atoms with van der Waals surface area (Å²) in [6.07, 6.45) is 1.47. The van der Waals surface area contributed by atoms with Crippen molar-refractivity contribution in [3.8, 4) is 0 Å². The average Bonchev–Trinajstić information content (AvgIpc) is 2.93. The van der Waals surface area contributed by atoms with Crippen molar-refractivity contribution in [2.75, 3.05) is 26.2 Å². The van der Waals surface area contributed by atoms with Crippen LogP contribution in [0, 0.1) is 6.92 Å². The first-order valence-corrected chi connectivity index (χ1v) is 7.86. The zero-order valence-corrected chi connectivity index (χ0v) is 13.6. The van der Waals surface area contributed by atoms with E-state index < -0.39 is 5.60 Å². The Hall–Kier alpha value is -1.53. The smallest absolute Gasteiger partial charge is 0.409 e. The van der Waals surface area contributed by atoms with E-state index in [9.17, 15) is 9.90 Å². The van der Waals surface area contributed by atoms with Crippen molar-refractivity contribution >= 4 is 6.09 Å². The van der Waals surface area contributed by atoms with Crippen LogP contribution in [0.3, 0.4) is 0 Å². The van der Waals surface area contributed by atoms with Gasteiger partial charge in [0, 0.05) is 25.7 Å². The molecule has 1 atom stereocenters. The second kappa shape index (κ2) is 7.15. The molecule has 2 rings (SSSR count). The molecule has 1 amide bonds. The molecule has 1 saturated heterocycles. The van der Waals surface area contributed by atoms with Gasteiger partial charge in [0.15, 0.2) is 0 Å². The molecule has 1 aromatic rings. The molecular weight excluding hydrogens is 284 g/mol. The minimum Gasteiger partial charge on any atom is -0.463 e. The second-order valence-electron chi connectivity index (χ2n) is 6.03. The minimum absolute atomic E-state index is 0.237. The van der Waals surface area contributed by atoms with E-state index in [-0.39, 0.29) is 12.1 Å². The molecule has 0 bridgehead atoms. The molecule has 6 nitrogen and oxygen atoms in total. The number of hydrogen-bond acceptors (Lipinski definition) is 5. The molecule has 0 unspecified atom stereocenters. The molecule has 0 spiro atoms. The molecule has 0 aromatic carbocycles. The maximum absolute atomic E-state index is 11.6. The lowest BCUT2D eigenvalue weighted by Crippen LogP contribution is -2.48. The van der Waals surface area contributed by atoms with Crippen LogP contribution in [-0.2, 0) is 10.3 Å². The Morgan fingerprint density at radius 1 is 1.50 bits per heavy atom. The fourth-order valence-corrected chi connectivity index (χ4v) is 2.64. The van der Waals surface area contributed by atoms with E-state index in [0.717, 1.165) is 18.6 Å². The fraction of sp³-hybridized carbons (Fsp3) is 0.688. The third-order valence-corrected chi connectivity index (χ3v) is 4.03. The van der Waals surface area contributed by atoms with Gasteiger partial charge in [-0.25, -0.2) is 4.79 Å². The Morgan fingerprint density at radius 3 is 2.73 bits per heavy atom. The maximum Gasteiger partial charge on any atom is 0.409 e. The third-order valence-electron chi connectivity index (χ3n) is 4.03. The Labute approximate surface area is 131 Å². The van der Waals surface area contributed by atoms with Gasteiger partial charge in [0.25, 0.3) is 0 Å². The predicted molar refractivity (Wildman–Crippen MR) is 82.6 cm³/mol. The normalized spacial score (nSPS) is 19.0. The quantitative estimate of drug-likeness (QED) is 0.870. The van der Waals surface area contributed by atoms with Crippen LogP contribution < -0.4 is 5.32 Å². The lowest BCUT2D eigenvalue weighted by Gasteiger charge is -2.33. The summed E-state index contributed by atoms with van der Waals surface area (Å²) in [4.78, 5) is 13.4. The van der Waals surface area contributed by atoms with Gasteiger partial charge < -0.3 is 24.5 Å². The third kappa shape index (κ3) is 4.24. The van der Waals surface area contributed by atoms with Gasteiger partial charge in [-0.1, -0.05) is 0 Å². The SMILES string of the molecule is CCOC(=O)N1CCC(NC[C@](C)(O)c2ccc(C)o2)CC1. The van der Waals surface area contributed by atoms with Crippen LogP contribution in [0.15, 0.2) is 16.5 Å². The fourth-order valence-electron chi connectivity index (χ4n) is 2.64. The molecule has 1 fully saturated rings. The van der Waals surface area contributed by atoms with Crippen molar-refractivity contribution in [1.82, 2.24) is 10.2 Å². The van der Waals surface area contributed by atoms with Crippen LogP contribution in [0.25, 0.3) is 0 Å². The number of carbonyl (C=O) groups excluding carboxylic acids is 1. The van der Waals surface area contributed by atoms with Gasteiger partial charge in [0.1, 0.15) is 17.1 Å². The van der Waals surface area contributed by atoms with Crippen molar-refractivity contribution in [2.45, 2.75) is 45.3 Å². The Morgan fingerprint density at radius 2 is 2.18 bits per heavy atom. The van der Waals surface area contributed by atoms with E-state index in [0.29, 0.717) is 32.0 Å². The zero-order chi connectivity index (χ0) is 16.2. The number of furan rings is 1. The first-order valence-electron chi connectivity index (χ1n) is 7.86. The maximum atomic E-state index is 11.6. The Bertz CT molecular complexity index is 490. The van der Waals surface area contributed by atoms with Crippen molar-refractivity contribution < 1.29 is 19.1 Å². The number of aryl methyl sites for hydroxylation is 1. The summed E-state index contributed by atoms with van der Waals surface area (Å²) in [5.41, 5.74) is -1.04. The highest BCUT2D eigenvalue weighted by atomic mass is 16.6. The number of nitrogens with one attached hydrogen (secondary N) is 1. The summed E-state index contributed by atoms with van der Waals surface area (Å²) in [5.74, 6) is 1.36. The van der Waals surface area contributed by atoms with Crippen LogP contribution in [-0.4, -0.2) is 48.4 Å². The molecule has 22 heavy (non-hydrogen) atoms. The van der Waals surface area contributed by atoms with E-state index in [1.54, 1.807) is 17.9 Å². The summed E-state index contributed by atoms with van der Waals surface area (Å²) < 4.78 is 10.5. The van der Waals surface area contributed by atoms with Gasteiger partial charge in [0.05, 0.1) is 6.61 Å². The van der Waals surface area contributed by atoms with Crippen molar-refractivity contribution in [3.63, 3.8) is 0 Å². The number of ether oxygens (including phenoxy) is 1. The number of likely N-dealkylation sites (tertiary alicyclic amines) is 1. The minimum atomic E-state index is -1.04. The molecule has 124 valence electrons. The van der Waals surface area contributed by atoms with Gasteiger partial charge >= 0.3 is 6.09 Å². The van der Waals surface area contributed by atoms with Crippen molar-refractivity contribution in [3.05, 3.63) is 23.7 Å². The predicted octanol–water partition coefficient (Wildman–Crippen LogP) is 2.01. The summed E-state index contributed by atoms with van der Waals surface area (Å²) >= 11 is 0. The summed E-state index contributed by atoms with van der Waals surface area (Å²) in [6, 6.07) is 3.94. The van der Waals surface area contributed by atoms with Gasteiger partial charge in [-0.15, -0.1) is 0 Å². The average molecular weight is 310 g/mol. The number of nitrogens with zero attached hydrogens (tertiary/aromatic N) is 1. The van der Waals surface area contributed by atoms with E-state index >= 15 is 0 Å². The monoisotopic (exact) mass is 310 g/mol. The van der Waals surface area contributed by atoms with Gasteiger partial charge in [0.2, 0.25) is 0 Å². The van der Waals surface area contributed by atoms with Crippen LogP contribution in [0.2, 0.25) is 0 Å². The van der Waals surface area contributed by atoms with E-state index in [1.165, 1.54) is 0 Å². The van der Waals surface area contributed by atoms with Gasteiger partial charge in [-0.2, -0.15) is 0 Å². The standard InChI is InChI=1S/C16H26N2O4/c1-4-21-15(19)18-9-7-13(8-10-18)17-11-16(3,20)14-6-5-12(2)22-14/h5-6,13,17,20H,4,7-11H2,1-3H3/t16-/m0/s1. The first kappa shape index (κ1) is 16.8. The molecule has 2 N–H and O–H groups in total. The highest BCUT2D eigenvalue weighted by Crippen LogP contribution is 2.22. The number of rotatable bonds is 5. The van der Waals surface area contributed by atoms with Gasteiger partial charge in [-0.05, 0) is 45.7 Å². The molecule has 0 radical (unpaired) electrons. The van der Waals surface area contributed by atoms with E-state index in [2.05, 4.69) is 5.32 Å². The van der Waals surface area contributed by atoms with E-state index in [4.69, 9.17) is 9.15 Å². The van der Waals surface area contributed by atoms with Crippen LogP contribution in [0.4, 0.5) is 4.79 Å².